The van der Waals surface area contributed by atoms with Crippen LogP contribution in [0.25, 0.3) is 0 Å². The Hall–Kier alpha value is -2.16. The molecule has 0 bridgehead atoms. The van der Waals surface area contributed by atoms with E-state index in [-0.39, 0.29) is 0 Å². The Kier molecular flexibility index (Phi) is 3.50. The molecule has 2 aromatic rings. The fraction of sp³-hybridized carbons (Fsp3) is 0.143. The summed E-state index contributed by atoms with van der Waals surface area (Å²) in [5.74, 6) is 0. The first-order chi connectivity index (χ1) is 8.29. The number of hydrogen-bond acceptors (Lipinski definition) is 3. The molecule has 86 valence electrons. The van der Waals surface area contributed by atoms with Crippen molar-refractivity contribution in [3.63, 3.8) is 0 Å². The Morgan fingerprint density at radius 1 is 1.12 bits per heavy atom. The normalized spacial score (nSPS) is 11.5. The minimum atomic E-state index is 0.530. The van der Waals surface area contributed by atoms with Gasteiger partial charge in [0.25, 0.3) is 0 Å². The lowest BCUT2D eigenvalue weighted by molar-refractivity contribution is 0.318. The van der Waals surface area contributed by atoms with Crippen molar-refractivity contribution in [1.29, 1.82) is 0 Å². The van der Waals surface area contributed by atoms with Crippen LogP contribution in [0.4, 0.5) is 0 Å². The number of aryl methyl sites for hydroxylation is 1. The molecule has 0 fully saturated rings. The number of rotatable bonds is 3. The summed E-state index contributed by atoms with van der Waals surface area (Å²) in [5, 5.41) is 12.4. The minimum Gasteiger partial charge on any atom is -0.411 e. The number of benzene rings is 1. The van der Waals surface area contributed by atoms with E-state index in [1.807, 2.05) is 55.5 Å². The summed E-state index contributed by atoms with van der Waals surface area (Å²) in [5.41, 5.74) is 3.41. The number of pyridine rings is 1. The Morgan fingerprint density at radius 2 is 1.88 bits per heavy atom. The summed E-state index contributed by atoms with van der Waals surface area (Å²) in [6.07, 6.45) is 0.530. The van der Waals surface area contributed by atoms with Gasteiger partial charge < -0.3 is 5.21 Å². The summed E-state index contributed by atoms with van der Waals surface area (Å²) in [7, 11) is 0. The lowest BCUT2D eigenvalue weighted by Gasteiger charge is -2.04. The Balaban J connectivity index is 2.23. The van der Waals surface area contributed by atoms with E-state index in [0.717, 1.165) is 17.0 Å². The lowest BCUT2D eigenvalue weighted by Crippen LogP contribution is -2.07. The van der Waals surface area contributed by atoms with Gasteiger partial charge in [0.1, 0.15) is 0 Å². The molecular formula is C14H14N2O. The van der Waals surface area contributed by atoms with Crippen molar-refractivity contribution in [1.82, 2.24) is 4.98 Å². The number of oxime groups is 1. The number of nitrogens with zero attached hydrogens (tertiary/aromatic N) is 2. The monoisotopic (exact) mass is 226 g/mol. The Morgan fingerprint density at radius 3 is 2.53 bits per heavy atom. The van der Waals surface area contributed by atoms with Crippen molar-refractivity contribution in [2.24, 2.45) is 5.16 Å². The molecule has 1 aromatic carbocycles. The van der Waals surface area contributed by atoms with Crippen LogP contribution in [0.5, 0.6) is 0 Å². The maximum Gasteiger partial charge on any atom is 0.0927 e. The summed E-state index contributed by atoms with van der Waals surface area (Å²) in [6, 6.07) is 15.5. The van der Waals surface area contributed by atoms with Crippen LogP contribution in [0.2, 0.25) is 0 Å². The van der Waals surface area contributed by atoms with Crippen LogP contribution >= 0.6 is 0 Å². The average molecular weight is 226 g/mol. The molecule has 0 aliphatic carbocycles. The molecule has 17 heavy (non-hydrogen) atoms. The standard InChI is InChI=1S/C14H14N2O/c1-11-6-5-9-13(15-11)10-14(16-17)12-7-3-2-4-8-12/h2-9,17H,10H2,1H3. The van der Waals surface area contributed by atoms with E-state index in [1.165, 1.54) is 0 Å². The second kappa shape index (κ2) is 5.25. The third-order valence-electron chi connectivity index (χ3n) is 2.52. The Bertz CT molecular complexity index is 521. The molecule has 0 saturated carbocycles. The van der Waals surface area contributed by atoms with Crippen LogP contribution < -0.4 is 0 Å². The average Bonchev–Trinajstić information content (AvgIpc) is 2.37. The molecule has 0 unspecified atom stereocenters. The molecule has 0 aliphatic heterocycles. The summed E-state index contributed by atoms with van der Waals surface area (Å²) in [6.45, 7) is 1.95. The molecule has 0 saturated heterocycles. The van der Waals surface area contributed by atoms with E-state index in [0.29, 0.717) is 12.1 Å². The van der Waals surface area contributed by atoms with Crippen molar-refractivity contribution in [3.05, 3.63) is 65.5 Å². The molecular weight excluding hydrogens is 212 g/mol. The lowest BCUT2D eigenvalue weighted by atomic mass is 10.1. The minimum absolute atomic E-state index is 0.530. The molecule has 1 N–H and O–H groups in total. The molecule has 3 heteroatoms. The smallest absolute Gasteiger partial charge is 0.0927 e. The van der Waals surface area contributed by atoms with E-state index in [2.05, 4.69) is 10.1 Å². The SMILES string of the molecule is Cc1cccc(CC(=NO)c2ccccc2)n1. The summed E-state index contributed by atoms with van der Waals surface area (Å²) >= 11 is 0. The topological polar surface area (TPSA) is 45.5 Å². The van der Waals surface area contributed by atoms with Crippen molar-refractivity contribution in [3.8, 4) is 0 Å². The van der Waals surface area contributed by atoms with E-state index in [1.54, 1.807) is 0 Å². The molecule has 0 aliphatic rings. The van der Waals surface area contributed by atoms with Gasteiger partial charge in [-0.3, -0.25) is 4.98 Å². The maximum atomic E-state index is 9.07. The highest BCUT2D eigenvalue weighted by Gasteiger charge is 2.06. The highest BCUT2D eigenvalue weighted by molar-refractivity contribution is 6.01. The molecule has 1 heterocycles. The highest BCUT2D eigenvalue weighted by Crippen LogP contribution is 2.07. The Labute approximate surface area is 100 Å². The van der Waals surface area contributed by atoms with Crippen LogP contribution in [0, 0.1) is 6.92 Å². The molecule has 3 nitrogen and oxygen atoms in total. The van der Waals surface area contributed by atoms with Gasteiger partial charge in [-0.1, -0.05) is 41.6 Å². The zero-order valence-electron chi connectivity index (χ0n) is 9.67. The first-order valence-corrected chi connectivity index (χ1v) is 5.48. The van der Waals surface area contributed by atoms with Crippen LogP contribution in [0.3, 0.4) is 0 Å². The van der Waals surface area contributed by atoms with Gasteiger partial charge in [-0.2, -0.15) is 0 Å². The fourth-order valence-corrected chi connectivity index (χ4v) is 1.70. The van der Waals surface area contributed by atoms with Gasteiger partial charge in [0, 0.05) is 17.8 Å². The van der Waals surface area contributed by atoms with Crippen molar-refractivity contribution in [2.45, 2.75) is 13.3 Å². The summed E-state index contributed by atoms with van der Waals surface area (Å²) < 4.78 is 0. The second-order valence-corrected chi connectivity index (χ2v) is 3.86. The van der Waals surface area contributed by atoms with E-state index >= 15 is 0 Å². The van der Waals surface area contributed by atoms with Crippen LogP contribution in [0.1, 0.15) is 17.0 Å². The molecule has 2 rings (SSSR count). The van der Waals surface area contributed by atoms with Gasteiger partial charge >= 0.3 is 0 Å². The quantitative estimate of drug-likeness (QED) is 0.497. The van der Waals surface area contributed by atoms with E-state index in [9.17, 15) is 0 Å². The predicted octanol–water partition coefficient (Wildman–Crippen LogP) is 2.81. The highest BCUT2D eigenvalue weighted by atomic mass is 16.4. The predicted molar refractivity (Wildman–Crippen MR) is 67.4 cm³/mol. The van der Waals surface area contributed by atoms with Gasteiger partial charge in [0.15, 0.2) is 0 Å². The van der Waals surface area contributed by atoms with Gasteiger partial charge in [0.2, 0.25) is 0 Å². The van der Waals surface area contributed by atoms with Crippen molar-refractivity contribution < 1.29 is 5.21 Å². The molecule has 1 aromatic heterocycles. The molecule has 0 spiro atoms. The molecule has 0 atom stereocenters. The molecule has 0 amide bonds. The van der Waals surface area contributed by atoms with Crippen LogP contribution in [-0.2, 0) is 6.42 Å². The van der Waals surface area contributed by atoms with Gasteiger partial charge in [-0.05, 0) is 24.6 Å². The van der Waals surface area contributed by atoms with Crippen molar-refractivity contribution >= 4 is 5.71 Å². The number of aromatic nitrogens is 1. The van der Waals surface area contributed by atoms with Crippen molar-refractivity contribution in [2.75, 3.05) is 0 Å². The largest absolute Gasteiger partial charge is 0.411 e. The van der Waals surface area contributed by atoms with E-state index in [4.69, 9.17) is 5.21 Å². The third-order valence-corrected chi connectivity index (χ3v) is 2.52. The zero-order chi connectivity index (χ0) is 12.1. The van der Waals surface area contributed by atoms with Gasteiger partial charge in [-0.15, -0.1) is 0 Å². The third kappa shape index (κ3) is 2.91. The number of hydrogen-bond donors (Lipinski definition) is 1. The summed E-state index contributed by atoms with van der Waals surface area (Å²) in [4.78, 5) is 4.39. The first-order valence-electron chi connectivity index (χ1n) is 5.48. The second-order valence-electron chi connectivity index (χ2n) is 3.86. The molecule has 0 radical (unpaired) electrons. The van der Waals surface area contributed by atoms with Gasteiger partial charge in [-0.25, -0.2) is 0 Å². The maximum absolute atomic E-state index is 9.07. The fourth-order valence-electron chi connectivity index (χ4n) is 1.70. The van der Waals surface area contributed by atoms with Crippen LogP contribution in [-0.4, -0.2) is 15.9 Å². The van der Waals surface area contributed by atoms with E-state index < -0.39 is 0 Å². The first kappa shape index (κ1) is 11.3. The van der Waals surface area contributed by atoms with Gasteiger partial charge in [0.05, 0.1) is 5.71 Å². The zero-order valence-corrected chi connectivity index (χ0v) is 9.67. The van der Waals surface area contributed by atoms with Crippen LogP contribution in [0.15, 0.2) is 53.7 Å².